The highest BCUT2D eigenvalue weighted by atomic mass is 16.5. The van der Waals surface area contributed by atoms with Crippen molar-refractivity contribution in [2.75, 3.05) is 19.0 Å². The van der Waals surface area contributed by atoms with Crippen LogP contribution >= 0.6 is 0 Å². The van der Waals surface area contributed by atoms with E-state index in [-0.39, 0.29) is 0 Å². The highest BCUT2D eigenvalue weighted by Crippen LogP contribution is 2.16. The Labute approximate surface area is 77.6 Å². The monoisotopic (exact) mass is 179 g/mol. The maximum Gasteiger partial charge on any atom is 0.198 e. The zero-order chi connectivity index (χ0) is 9.68. The summed E-state index contributed by atoms with van der Waals surface area (Å²) >= 11 is 0. The van der Waals surface area contributed by atoms with Gasteiger partial charge < -0.3 is 15.5 Å². The number of ether oxygens (including phenoxy) is 1. The predicted molar refractivity (Wildman–Crippen MR) is 54.1 cm³/mol. The van der Waals surface area contributed by atoms with Crippen molar-refractivity contribution in [3.8, 4) is 5.75 Å². The molecule has 0 atom stereocenters. The molecule has 1 rings (SSSR count). The van der Waals surface area contributed by atoms with Gasteiger partial charge in [0, 0.05) is 19.8 Å². The number of nitrogens with zero attached hydrogens (tertiary/aromatic N) is 2. The first kappa shape index (κ1) is 9.38. The molecular formula is C9H13N3O. The molecule has 4 heteroatoms. The van der Waals surface area contributed by atoms with E-state index in [0.29, 0.717) is 0 Å². The molecule has 0 aliphatic carbocycles. The molecule has 4 nitrogen and oxygen atoms in total. The maximum atomic E-state index is 5.05. The summed E-state index contributed by atoms with van der Waals surface area (Å²) in [7, 11) is 3.97. The number of hydrogen-bond acceptors (Lipinski definition) is 4. The van der Waals surface area contributed by atoms with E-state index in [4.69, 9.17) is 10.6 Å². The van der Waals surface area contributed by atoms with Gasteiger partial charge in [0.15, 0.2) is 6.40 Å². The minimum absolute atomic E-state index is 0.722. The lowest BCUT2D eigenvalue weighted by molar-refractivity contribution is 0.571. The fourth-order valence-electron chi connectivity index (χ4n) is 0.914. The fraction of sp³-hybridized carbons (Fsp3) is 0.222. The van der Waals surface area contributed by atoms with E-state index in [9.17, 15) is 0 Å². The molecule has 2 N–H and O–H groups in total. The number of nitrogens with two attached hydrogens (primary N) is 1. The quantitative estimate of drug-likeness (QED) is 0.326. The van der Waals surface area contributed by atoms with Gasteiger partial charge >= 0.3 is 0 Å². The number of anilines is 1. The van der Waals surface area contributed by atoms with Crippen molar-refractivity contribution in [1.29, 1.82) is 0 Å². The van der Waals surface area contributed by atoms with Crippen molar-refractivity contribution in [3.63, 3.8) is 0 Å². The van der Waals surface area contributed by atoms with E-state index in [1.807, 2.05) is 43.3 Å². The van der Waals surface area contributed by atoms with Crippen molar-refractivity contribution < 1.29 is 4.74 Å². The molecule has 0 aromatic heterocycles. The predicted octanol–water partition coefficient (Wildman–Crippen LogP) is 1.03. The van der Waals surface area contributed by atoms with Crippen LogP contribution in [-0.4, -0.2) is 20.5 Å². The van der Waals surface area contributed by atoms with Crippen molar-refractivity contribution in [2.45, 2.75) is 0 Å². The molecular weight excluding hydrogens is 166 g/mol. The van der Waals surface area contributed by atoms with Gasteiger partial charge in [-0.3, -0.25) is 0 Å². The summed E-state index contributed by atoms with van der Waals surface area (Å²) in [5.74, 6) is 5.61. The Balaban J connectivity index is 2.69. The molecule has 0 heterocycles. The second kappa shape index (κ2) is 4.35. The van der Waals surface area contributed by atoms with E-state index < -0.39 is 0 Å². The normalized spacial score (nSPS) is 10.3. The Bertz CT molecular complexity index is 279. The van der Waals surface area contributed by atoms with Crippen molar-refractivity contribution >= 4 is 12.1 Å². The largest absolute Gasteiger partial charge is 0.444 e. The summed E-state index contributed by atoms with van der Waals surface area (Å²) in [4.78, 5) is 2.01. The number of hydrazone groups is 1. The average molecular weight is 179 g/mol. The van der Waals surface area contributed by atoms with Gasteiger partial charge in [-0.15, -0.1) is 0 Å². The Hall–Kier alpha value is -1.71. The van der Waals surface area contributed by atoms with E-state index in [0.717, 1.165) is 11.4 Å². The zero-order valence-corrected chi connectivity index (χ0v) is 7.77. The van der Waals surface area contributed by atoms with E-state index in [1.54, 1.807) is 0 Å². The number of benzene rings is 1. The van der Waals surface area contributed by atoms with Crippen molar-refractivity contribution in [2.24, 2.45) is 10.9 Å². The highest BCUT2D eigenvalue weighted by Gasteiger charge is 1.94. The van der Waals surface area contributed by atoms with E-state index in [2.05, 4.69) is 5.10 Å². The van der Waals surface area contributed by atoms with Gasteiger partial charge in [0.25, 0.3) is 0 Å². The van der Waals surface area contributed by atoms with Crippen LogP contribution in [0.4, 0.5) is 5.69 Å². The van der Waals surface area contributed by atoms with Crippen LogP contribution in [0.1, 0.15) is 0 Å². The van der Waals surface area contributed by atoms with Gasteiger partial charge in [-0.1, -0.05) is 0 Å². The van der Waals surface area contributed by atoms with Crippen molar-refractivity contribution in [1.82, 2.24) is 0 Å². The lowest BCUT2D eigenvalue weighted by Crippen LogP contribution is -2.08. The first-order chi connectivity index (χ1) is 6.24. The van der Waals surface area contributed by atoms with Crippen LogP contribution < -0.4 is 15.5 Å². The molecule has 0 saturated heterocycles. The fourth-order valence-corrected chi connectivity index (χ4v) is 0.914. The summed E-state index contributed by atoms with van der Waals surface area (Å²) in [6.45, 7) is 0. The molecule has 0 unspecified atom stereocenters. The SMILES string of the molecule is CN(C)c1ccc(O/C=N/N)cc1. The molecule has 0 bridgehead atoms. The smallest absolute Gasteiger partial charge is 0.198 e. The summed E-state index contributed by atoms with van der Waals surface area (Å²) in [5.41, 5.74) is 1.12. The molecule has 1 aromatic carbocycles. The van der Waals surface area contributed by atoms with E-state index in [1.165, 1.54) is 6.40 Å². The topological polar surface area (TPSA) is 50.8 Å². The third-order valence-corrected chi connectivity index (χ3v) is 1.60. The Morgan fingerprint density at radius 1 is 1.31 bits per heavy atom. The van der Waals surface area contributed by atoms with Crippen molar-refractivity contribution in [3.05, 3.63) is 24.3 Å². The summed E-state index contributed by atoms with van der Waals surface area (Å²) in [6, 6.07) is 7.63. The molecule has 0 radical (unpaired) electrons. The molecule has 0 fully saturated rings. The Morgan fingerprint density at radius 2 is 1.92 bits per heavy atom. The molecule has 1 aromatic rings. The number of rotatable bonds is 3. The van der Waals surface area contributed by atoms with Crippen LogP contribution in [0.2, 0.25) is 0 Å². The maximum absolute atomic E-state index is 5.05. The zero-order valence-electron chi connectivity index (χ0n) is 7.77. The van der Waals surface area contributed by atoms with Gasteiger partial charge in [-0.25, -0.2) is 0 Å². The van der Waals surface area contributed by atoms with Gasteiger partial charge in [-0.05, 0) is 24.3 Å². The lowest BCUT2D eigenvalue weighted by Gasteiger charge is -2.11. The van der Waals surface area contributed by atoms with Crippen LogP contribution in [0, 0.1) is 0 Å². The third kappa shape index (κ3) is 2.66. The molecule has 0 aliphatic rings. The van der Waals surface area contributed by atoms with Crippen LogP contribution in [0.15, 0.2) is 29.4 Å². The Morgan fingerprint density at radius 3 is 2.38 bits per heavy atom. The van der Waals surface area contributed by atoms with E-state index >= 15 is 0 Å². The van der Waals surface area contributed by atoms with Crippen LogP contribution in [0.25, 0.3) is 0 Å². The average Bonchev–Trinajstić information content (AvgIpc) is 2.15. The molecule has 13 heavy (non-hydrogen) atoms. The Kier molecular flexibility index (Phi) is 3.14. The summed E-state index contributed by atoms with van der Waals surface area (Å²) in [5, 5.41) is 3.23. The number of hydrogen-bond donors (Lipinski definition) is 1. The summed E-state index contributed by atoms with van der Waals surface area (Å²) in [6.07, 6.45) is 1.20. The highest BCUT2D eigenvalue weighted by molar-refractivity contribution is 5.54. The molecule has 0 spiro atoms. The second-order valence-electron chi connectivity index (χ2n) is 2.76. The minimum atomic E-state index is 0.722. The van der Waals surface area contributed by atoms with Gasteiger partial charge in [-0.2, -0.15) is 5.10 Å². The molecule has 70 valence electrons. The minimum Gasteiger partial charge on any atom is -0.444 e. The molecule has 0 amide bonds. The van der Waals surface area contributed by atoms with Crippen LogP contribution in [0.3, 0.4) is 0 Å². The molecule has 0 aliphatic heterocycles. The van der Waals surface area contributed by atoms with Crippen LogP contribution in [-0.2, 0) is 0 Å². The first-order valence-corrected chi connectivity index (χ1v) is 3.90. The van der Waals surface area contributed by atoms with Crippen LogP contribution in [0.5, 0.6) is 5.75 Å². The van der Waals surface area contributed by atoms with Gasteiger partial charge in [0.1, 0.15) is 5.75 Å². The molecule has 0 saturated carbocycles. The van der Waals surface area contributed by atoms with Gasteiger partial charge in [0.05, 0.1) is 0 Å². The lowest BCUT2D eigenvalue weighted by atomic mass is 10.3. The summed E-state index contributed by atoms with van der Waals surface area (Å²) < 4.78 is 5.05. The second-order valence-corrected chi connectivity index (χ2v) is 2.76. The third-order valence-electron chi connectivity index (χ3n) is 1.60. The first-order valence-electron chi connectivity index (χ1n) is 3.90. The van der Waals surface area contributed by atoms with Gasteiger partial charge in [0.2, 0.25) is 0 Å². The standard InChI is InChI=1S/C9H13N3O/c1-12(2)8-3-5-9(6-4-8)13-7-11-10/h3-7H,10H2,1-2H3/b11-7+.